The molecule has 0 saturated carbocycles. The average Bonchev–Trinajstić information content (AvgIpc) is 2.60. The molecule has 5 nitrogen and oxygen atoms in total. The van der Waals surface area contributed by atoms with Crippen molar-refractivity contribution < 1.29 is 9.18 Å². The molecule has 0 fully saturated rings. The number of carbonyl (C=O) groups is 1. The van der Waals surface area contributed by atoms with Gasteiger partial charge in [-0.05, 0) is 29.8 Å². The molecule has 1 aromatic heterocycles. The highest BCUT2D eigenvalue weighted by molar-refractivity contribution is 5.94. The maximum absolute atomic E-state index is 13.8. The molecule has 0 saturated heterocycles. The van der Waals surface area contributed by atoms with Crippen molar-refractivity contribution >= 4 is 22.6 Å². The number of amides is 1. The van der Waals surface area contributed by atoms with Crippen molar-refractivity contribution in [2.75, 3.05) is 19.4 Å². The van der Waals surface area contributed by atoms with E-state index in [0.29, 0.717) is 28.8 Å². The smallest absolute Gasteiger partial charge is 0.253 e. The van der Waals surface area contributed by atoms with Gasteiger partial charge in [0.2, 0.25) is 0 Å². The number of para-hydroxylation sites is 1. The summed E-state index contributed by atoms with van der Waals surface area (Å²) in [7, 11) is 3.44. The zero-order chi connectivity index (χ0) is 17.1. The normalized spacial score (nSPS) is 10.6. The summed E-state index contributed by atoms with van der Waals surface area (Å²) in [6.07, 6.45) is 1.34. The van der Waals surface area contributed by atoms with E-state index >= 15 is 0 Å². The molecule has 0 unspecified atom stereocenters. The fraction of sp³-hybridized carbons (Fsp3) is 0.167. The third-order valence-corrected chi connectivity index (χ3v) is 3.68. The summed E-state index contributed by atoms with van der Waals surface area (Å²) in [5.41, 5.74) is 1.92. The highest BCUT2D eigenvalue weighted by Gasteiger charge is 2.09. The van der Waals surface area contributed by atoms with Crippen LogP contribution < -0.4 is 5.32 Å². The van der Waals surface area contributed by atoms with Crippen LogP contribution in [-0.2, 0) is 6.54 Å². The average molecular weight is 324 g/mol. The van der Waals surface area contributed by atoms with E-state index in [1.807, 2.05) is 12.1 Å². The lowest BCUT2D eigenvalue weighted by Crippen LogP contribution is -2.21. The molecule has 1 N–H and O–H groups in total. The number of carbonyl (C=O) groups excluding carboxylic acids is 1. The van der Waals surface area contributed by atoms with Crippen LogP contribution >= 0.6 is 0 Å². The molecule has 0 aliphatic rings. The van der Waals surface area contributed by atoms with E-state index in [2.05, 4.69) is 15.3 Å². The predicted octanol–water partition coefficient (Wildman–Crippen LogP) is 3.08. The molecule has 0 radical (unpaired) electrons. The Morgan fingerprint density at radius 3 is 2.58 bits per heavy atom. The summed E-state index contributed by atoms with van der Waals surface area (Å²) in [6.45, 7) is 0.513. The lowest BCUT2D eigenvalue weighted by molar-refractivity contribution is 0.0827. The van der Waals surface area contributed by atoms with Gasteiger partial charge in [-0.2, -0.15) is 0 Å². The molecule has 0 bridgehead atoms. The largest absolute Gasteiger partial charge is 0.365 e. The molecule has 0 aliphatic carbocycles. The van der Waals surface area contributed by atoms with Gasteiger partial charge in [0, 0.05) is 31.6 Å². The van der Waals surface area contributed by atoms with Gasteiger partial charge in [0.1, 0.15) is 23.5 Å². The Morgan fingerprint density at radius 2 is 1.88 bits per heavy atom. The zero-order valence-electron chi connectivity index (χ0n) is 13.5. The lowest BCUT2D eigenvalue weighted by atomic mass is 10.1. The van der Waals surface area contributed by atoms with E-state index in [4.69, 9.17) is 0 Å². The molecule has 2 aromatic carbocycles. The van der Waals surface area contributed by atoms with Crippen LogP contribution in [0.4, 0.5) is 10.2 Å². The van der Waals surface area contributed by atoms with Crippen molar-refractivity contribution in [3.05, 3.63) is 65.7 Å². The second-order valence-electron chi connectivity index (χ2n) is 5.61. The van der Waals surface area contributed by atoms with Crippen molar-refractivity contribution in [2.45, 2.75) is 6.54 Å². The summed E-state index contributed by atoms with van der Waals surface area (Å²) < 4.78 is 13.8. The quantitative estimate of drug-likeness (QED) is 0.801. The van der Waals surface area contributed by atoms with Gasteiger partial charge in [0.25, 0.3) is 5.91 Å². The summed E-state index contributed by atoms with van der Waals surface area (Å²) in [4.78, 5) is 21.6. The van der Waals surface area contributed by atoms with E-state index in [1.54, 1.807) is 38.4 Å². The van der Waals surface area contributed by atoms with Crippen LogP contribution in [0, 0.1) is 5.82 Å². The molecule has 0 atom stereocenters. The number of hydrogen-bond donors (Lipinski definition) is 1. The second kappa shape index (κ2) is 6.62. The first-order valence-electron chi connectivity index (χ1n) is 7.50. The second-order valence-corrected chi connectivity index (χ2v) is 5.61. The Hall–Kier alpha value is -3.02. The first kappa shape index (κ1) is 15.9. The third-order valence-electron chi connectivity index (χ3n) is 3.68. The maximum Gasteiger partial charge on any atom is 0.253 e. The SMILES string of the molecule is CN(C)C(=O)c1ccc(CNc2ncnc3c(F)cccc23)cc1. The number of halogens is 1. The summed E-state index contributed by atoms with van der Waals surface area (Å²) in [6, 6.07) is 12.1. The fourth-order valence-corrected chi connectivity index (χ4v) is 2.40. The standard InChI is InChI=1S/C18H17FN4O/c1-23(2)18(24)13-8-6-12(7-9-13)10-20-17-14-4-3-5-15(19)16(14)21-11-22-17/h3-9,11H,10H2,1-2H3,(H,20,21,22). The molecular weight excluding hydrogens is 307 g/mol. The first-order chi connectivity index (χ1) is 11.6. The summed E-state index contributed by atoms with van der Waals surface area (Å²) in [5, 5.41) is 3.83. The number of fused-ring (bicyclic) bond motifs is 1. The Balaban J connectivity index is 1.77. The molecule has 24 heavy (non-hydrogen) atoms. The maximum atomic E-state index is 13.8. The van der Waals surface area contributed by atoms with Crippen LogP contribution in [0.3, 0.4) is 0 Å². The fourth-order valence-electron chi connectivity index (χ4n) is 2.40. The van der Waals surface area contributed by atoms with Gasteiger partial charge in [-0.3, -0.25) is 4.79 Å². The van der Waals surface area contributed by atoms with Gasteiger partial charge < -0.3 is 10.2 Å². The van der Waals surface area contributed by atoms with Crippen LogP contribution in [0.2, 0.25) is 0 Å². The Labute approximate surface area is 139 Å². The molecule has 0 aliphatic heterocycles. The Bertz CT molecular complexity index is 878. The number of hydrogen-bond acceptors (Lipinski definition) is 4. The van der Waals surface area contributed by atoms with E-state index in [9.17, 15) is 9.18 Å². The van der Waals surface area contributed by atoms with Gasteiger partial charge in [-0.1, -0.05) is 18.2 Å². The third kappa shape index (κ3) is 3.17. The van der Waals surface area contributed by atoms with Gasteiger partial charge in [0.15, 0.2) is 0 Å². The number of aromatic nitrogens is 2. The van der Waals surface area contributed by atoms with E-state index in [1.165, 1.54) is 17.3 Å². The van der Waals surface area contributed by atoms with Crippen LogP contribution in [0.15, 0.2) is 48.8 Å². The van der Waals surface area contributed by atoms with E-state index in [-0.39, 0.29) is 11.7 Å². The van der Waals surface area contributed by atoms with E-state index < -0.39 is 0 Å². The molecular formula is C18H17FN4O. The van der Waals surface area contributed by atoms with Crippen molar-refractivity contribution in [1.82, 2.24) is 14.9 Å². The van der Waals surface area contributed by atoms with Crippen LogP contribution in [0.1, 0.15) is 15.9 Å². The van der Waals surface area contributed by atoms with Gasteiger partial charge >= 0.3 is 0 Å². The van der Waals surface area contributed by atoms with Crippen LogP contribution in [0.25, 0.3) is 10.9 Å². The van der Waals surface area contributed by atoms with Gasteiger partial charge in [-0.15, -0.1) is 0 Å². The minimum Gasteiger partial charge on any atom is -0.365 e. The molecule has 0 spiro atoms. The molecule has 3 rings (SSSR count). The van der Waals surface area contributed by atoms with Gasteiger partial charge in [0.05, 0.1) is 0 Å². The predicted molar refractivity (Wildman–Crippen MR) is 91.3 cm³/mol. The van der Waals surface area contributed by atoms with Crippen molar-refractivity contribution in [2.24, 2.45) is 0 Å². The summed E-state index contributed by atoms with van der Waals surface area (Å²) >= 11 is 0. The Morgan fingerprint density at radius 1 is 1.12 bits per heavy atom. The van der Waals surface area contributed by atoms with E-state index in [0.717, 1.165) is 5.56 Å². The monoisotopic (exact) mass is 324 g/mol. The molecule has 1 heterocycles. The Kier molecular flexibility index (Phi) is 4.37. The summed E-state index contributed by atoms with van der Waals surface area (Å²) in [5.74, 6) is 0.171. The van der Waals surface area contributed by atoms with Crippen LogP contribution in [-0.4, -0.2) is 34.9 Å². The van der Waals surface area contributed by atoms with Crippen molar-refractivity contribution in [3.8, 4) is 0 Å². The number of nitrogens with one attached hydrogen (secondary N) is 1. The number of benzene rings is 2. The molecule has 122 valence electrons. The van der Waals surface area contributed by atoms with Crippen molar-refractivity contribution in [1.29, 1.82) is 0 Å². The highest BCUT2D eigenvalue weighted by Crippen LogP contribution is 2.21. The highest BCUT2D eigenvalue weighted by atomic mass is 19.1. The minimum absolute atomic E-state index is 0.0354. The number of anilines is 1. The molecule has 3 aromatic rings. The van der Waals surface area contributed by atoms with Crippen molar-refractivity contribution in [3.63, 3.8) is 0 Å². The number of rotatable bonds is 4. The number of nitrogens with zero attached hydrogens (tertiary/aromatic N) is 3. The van der Waals surface area contributed by atoms with Crippen LogP contribution in [0.5, 0.6) is 0 Å². The minimum atomic E-state index is -0.371. The topological polar surface area (TPSA) is 58.1 Å². The van der Waals surface area contributed by atoms with Gasteiger partial charge in [-0.25, -0.2) is 14.4 Å². The zero-order valence-corrected chi connectivity index (χ0v) is 13.5. The molecule has 1 amide bonds. The molecule has 6 heteroatoms. The first-order valence-corrected chi connectivity index (χ1v) is 7.50. The lowest BCUT2D eigenvalue weighted by Gasteiger charge is -2.11.